The third-order valence-corrected chi connectivity index (χ3v) is 8.18. The summed E-state index contributed by atoms with van der Waals surface area (Å²) in [5.74, 6) is -3.34. The van der Waals surface area contributed by atoms with Gasteiger partial charge in [0.25, 0.3) is 0 Å². The van der Waals surface area contributed by atoms with Gasteiger partial charge >= 0.3 is 28.5 Å². The van der Waals surface area contributed by atoms with Gasteiger partial charge in [-0.05, 0) is 105 Å². The van der Waals surface area contributed by atoms with Crippen LogP contribution in [0.15, 0.2) is 0 Å². The highest BCUT2D eigenvalue weighted by atomic mass is 32.2. The molecule has 0 unspecified atom stereocenters. The van der Waals surface area contributed by atoms with Gasteiger partial charge in [-0.2, -0.15) is 0 Å². The van der Waals surface area contributed by atoms with Gasteiger partial charge in [-0.25, -0.2) is 9.59 Å². The molecule has 0 aromatic heterocycles. The van der Waals surface area contributed by atoms with Crippen molar-refractivity contribution in [3.63, 3.8) is 0 Å². The average Bonchev–Trinajstić information content (AvgIpc) is 2.89. The van der Waals surface area contributed by atoms with Gasteiger partial charge in [0.2, 0.25) is 13.6 Å². The lowest BCUT2D eigenvalue weighted by Gasteiger charge is -2.26. The highest BCUT2D eigenvalue weighted by Crippen LogP contribution is 2.31. The van der Waals surface area contributed by atoms with Gasteiger partial charge in [0.05, 0.1) is 21.5 Å². The molecule has 1 fully saturated rings. The van der Waals surface area contributed by atoms with E-state index in [0.717, 1.165) is 25.9 Å². The predicted octanol–water partition coefficient (Wildman–Crippen LogP) is 5.20. The lowest BCUT2D eigenvalue weighted by Crippen LogP contribution is -2.36. The summed E-state index contributed by atoms with van der Waals surface area (Å²) in [5.41, 5.74) is -1.54. The lowest BCUT2D eigenvalue weighted by molar-refractivity contribution is -0.161. The maximum Gasteiger partial charge on any atom is 0.371 e. The SMILES string of the molecule is CC(C)(C)C(=O)OCOC(=O)SC[C@H](CC(=O)C(C)(C)SC(=O)OCOC(=O)C(C)(C)C)C(=O)OCCN1CCCCC1. The number of hydrogen-bond acceptors (Lipinski definition) is 14. The van der Waals surface area contributed by atoms with Gasteiger partial charge in [-0.3, -0.25) is 24.1 Å². The number of ketones is 1. The number of piperidine rings is 1. The third kappa shape index (κ3) is 15.8. The molecule has 0 spiro atoms. The number of hydrogen-bond donors (Lipinski definition) is 0. The molecular weight excluding hydrogens is 602 g/mol. The van der Waals surface area contributed by atoms with Crippen molar-refractivity contribution in [2.45, 2.75) is 85.8 Å². The van der Waals surface area contributed by atoms with E-state index in [1.165, 1.54) is 20.3 Å². The molecule has 14 heteroatoms. The highest BCUT2D eigenvalue weighted by molar-refractivity contribution is 8.15. The fourth-order valence-electron chi connectivity index (χ4n) is 3.46. The number of esters is 3. The Hall–Kier alpha value is -2.32. The van der Waals surface area contributed by atoms with E-state index in [0.29, 0.717) is 30.1 Å². The molecule has 12 nitrogen and oxygen atoms in total. The first-order valence-corrected chi connectivity index (χ1v) is 16.0. The zero-order valence-corrected chi connectivity index (χ0v) is 28.2. The average molecular weight is 650 g/mol. The van der Waals surface area contributed by atoms with E-state index in [-0.39, 0.29) is 18.8 Å². The molecule has 0 N–H and O–H groups in total. The molecule has 1 heterocycles. The van der Waals surface area contributed by atoms with Crippen LogP contribution < -0.4 is 0 Å². The number of carbonyl (C=O) groups excluding carboxylic acids is 6. The fraction of sp³-hybridized carbons (Fsp3) is 0.793. The number of carbonyl (C=O) groups is 6. The maximum atomic E-state index is 13.2. The molecule has 0 radical (unpaired) electrons. The van der Waals surface area contributed by atoms with Crippen molar-refractivity contribution in [3.8, 4) is 0 Å². The van der Waals surface area contributed by atoms with Crippen LogP contribution in [0.1, 0.15) is 81.1 Å². The van der Waals surface area contributed by atoms with Crippen LogP contribution in [-0.2, 0) is 42.9 Å². The Morgan fingerprint density at radius 3 is 1.72 bits per heavy atom. The molecule has 1 atom stereocenters. The monoisotopic (exact) mass is 649 g/mol. The van der Waals surface area contributed by atoms with Crippen LogP contribution in [0, 0.1) is 16.7 Å². The fourth-order valence-corrected chi connectivity index (χ4v) is 4.90. The summed E-state index contributed by atoms with van der Waals surface area (Å²) in [6.45, 7) is 14.3. The van der Waals surface area contributed by atoms with E-state index in [2.05, 4.69) is 4.90 Å². The highest BCUT2D eigenvalue weighted by Gasteiger charge is 2.36. The standard InChI is InChI=1S/C29H47NO11S2/c1-27(2,3)23(33)38-18-40-25(35)42-17-20(22(32)37-15-14-30-12-10-9-11-13-30)16-21(31)29(7,8)43-26(36)41-19-39-24(34)28(4,5)6/h20H,9-19H2,1-8H3/t20-/m0/s1. The van der Waals surface area contributed by atoms with Gasteiger partial charge < -0.3 is 23.7 Å². The van der Waals surface area contributed by atoms with Crippen LogP contribution in [0.5, 0.6) is 0 Å². The molecule has 246 valence electrons. The molecule has 1 rings (SSSR count). The van der Waals surface area contributed by atoms with Gasteiger partial charge in [0, 0.05) is 18.7 Å². The molecule has 0 saturated carbocycles. The largest absolute Gasteiger partial charge is 0.464 e. The molecule has 0 aliphatic carbocycles. The van der Waals surface area contributed by atoms with Crippen LogP contribution in [0.2, 0.25) is 0 Å². The molecule has 1 aliphatic heterocycles. The van der Waals surface area contributed by atoms with Crippen LogP contribution >= 0.6 is 23.5 Å². The van der Waals surface area contributed by atoms with Crippen molar-refractivity contribution in [1.29, 1.82) is 0 Å². The van der Waals surface area contributed by atoms with E-state index in [1.54, 1.807) is 41.5 Å². The minimum Gasteiger partial charge on any atom is -0.464 e. The molecule has 0 aromatic carbocycles. The van der Waals surface area contributed by atoms with Gasteiger partial charge in [0.1, 0.15) is 12.4 Å². The summed E-state index contributed by atoms with van der Waals surface area (Å²) in [6, 6.07) is 0. The first-order valence-electron chi connectivity index (χ1n) is 14.2. The quantitative estimate of drug-likeness (QED) is 0.138. The van der Waals surface area contributed by atoms with Crippen LogP contribution in [0.4, 0.5) is 9.59 Å². The number of thioether (sulfide) groups is 2. The Morgan fingerprint density at radius 1 is 0.698 bits per heavy atom. The molecule has 43 heavy (non-hydrogen) atoms. The summed E-state index contributed by atoms with van der Waals surface area (Å²) in [4.78, 5) is 76.7. The molecule has 1 aliphatic rings. The minimum atomic E-state index is -1.30. The van der Waals surface area contributed by atoms with Crippen LogP contribution in [0.3, 0.4) is 0 Å². The van der Waals surface area contributed by atoms with Crippen molar-refractivity contribution >= 4 is 57.8 Å². The summed E-state index contributed by atoms with van der Waals surface area (Å²) >= 11 is 1.24. The lowest BCUT2D eigenvalue weighted by atomic mass is 9.97. The third-order valence-electron chi connectivity index (χ3n) is 6.24. The number of ether oxygens (including phenoxy) is 5. The first kappa shape index (κ1) is 38.7. The van der Waals surface area contributed by atoms with Crippen molar-refractivity contribution < 1.29 is 52.5 Å². The zero-order valence-electron chi connectivity index (χ0n) is 26.6. The molecule has 0 aromatic rings. The Morgan fingerprint density at radius 2 is 1.21 bits per heavy atom. The van der Waals surface area contributed by atoms with E-state index in [9.17, 15) is 28.8 Å². The van der Waals surface area contributed by atoms with Gasteiger partial charge in [0.15, 0.2) is 0 Å². The second-order valence-electron chi connectivity index (χ2n) is 12.7. The predicted molar refractivity (Wildman–Crippen MR) is 162 cm³/mol. The Kier molecular flexibility index (Phi) is 16.1. The number of rotatable bonds is 14. The van der Waals surface area contributed by atoms with Gasteiger partial charge in [-0.1, -0.05) is 6.42 Å². The second-order valence-corrected chi connectivity index (χ2v) is 15.2. The molecule has 1 saturated heterocycles. The molecule has 0 amide bonds. The van der Waals surface area contributed by atoms with Crippen molar-refractivity contribution in [2.24, 2.45) is 16.7 Å². The van der Waals surface area contributed by atoms with E-state index in [4.69, 9.17) is 23.7 Å². The van der Waals surface area contributed by atoms with Crippen LogP contribution in [-0.4, -0.2) is 89.5 Å². The second kappa shape index (κ2) is 17.8. The first-order chi connectivity index (χ1) is 19.8. The minimum absolute atomic E-state index is 0.131. The number of nitrogens with zero attached hydrogens (tertiary/aromatic N) is 1. The van der Waals surface area contributed by atoms with E-state index >= 15 is 0 Å². The van der Waals surface area contributed by atoms with E-state index < -0.39 is 69.4 Å². The molecular formula is C29H47NO11S2. The summed E-state index contributed by atoms with van der Waals surface area (Å²) in [7, 11) is 0. The number of likely N-dealkylation sites (tertiary alicyclic amines) is 1. The normalized spacial score (nSPS) is 15.2. The Labute approximate surface area is 262 Å². The van der Waals surface area contributed by atoms with Crippen LogP contribution in [0.25, 0.3) is 0 Å². The Bertz CT molecular complexity index is 980. The summed E-state index contributed by atoms with van der Waals surface area (Å²) in [5, 5.41) is -1.62. The summed E-state index contributed by atoms with van der Waals surface area (Å²) in [6.07, 6.45) is 3.03. The smallest absolute Gasteiger partial charge is 0.371 e. The van der Waals surface area contributed by atoms with Crippen molar-refractivity contribution in [2.75, 3.05) is 45.6 Å². The van der Waals surface area contributed by atoms with Crippen molar-refractivity contribution in [1.82, 2.24) is 4.90 Å². The van der Waals surface area contributed by atoms with Crippen molar-refractivity contribution in [3.05, 3.63) is 0 Å². The topological polar surface area (TPSA) is 152 Å². The zero-order chi connectivity index (χ0) is 32.8. The summed E-state index contributed by atoms with van der Waals surface area (Å²) < 4.78 is 23.9. The molecule has 0 bridgehead atoms. The number of Topliss-reactive ketones (excluding diaryl/α,β-unsaturated/α-hetero) is 1. The maximum absolute atomic E-state index is 13.2. The van der Waals surface area contributed by atoms with E-state index in [1.807, 2.05) is 0 Å². The van der Waals surface area contributed by atoms with Gasteiger partial charge in [-0.15, -0.1) is 0 Å². The Balaban J connectivity index is 2.74.